The third-order valence-electron chi connectivity index (χ3n) is 3.53. The van der Waals surface area contributed by atoms with E-state index in [9.17, 15) is 9.59 Å². The van der Waals surface area contributed by atoms with Gasteiger partial charge in [0.15, 0.2) is 0 Å². The van der Waals surface area contributed by atoms with Crippen molar-refractivity contribution >= 4 is 12.1 Å². The standard InChI is InChI=1S/C17H25NO5/c1-16(2,22-4)12-17(3,10-14(19)20)18-15(21)23-11-13-8-6-5-7-9-13/h5-9H,10-12H2,1-4H3,(H,18,21)(H,19,20). The maximum Gasteiger partial charge on any atom is 0.407 e. The lowest BCUT2D eigenvalue weighted by molar-refractivity contribution is -0.139. The fraction of sp³-hybridized carbons (Fsp3) is 0.529. The molecule has 23 heavy (non-hydrogen) atoms. The highest BCUT2D eigenvalue weighted by Gasteiger charge is 2.36. The molecule has 1 atom stereocenters. The first-order valence-electron chi connectivity index (χ1n) is 7.42. The molecule has 0 fully saturated rings. The number of benzene rings is 1. The number of amides is 1. The van der Waals surface area contributed by atoms with E-state index in [0.29, 0.717) is 6.42 Å². The molecule has 6 nitrogen and oxygen atoms in total. The SMILES string of the molecule is COC(C)(C)CC(C)(CC(=O)O)NC(=O)OCc1ccccc1. The molecule has 0 bridgehead atoms. The monoisotopic (exact) mass is 323 g/mol. The Labute approximate surface area is 136 Å². The summed E-state index contributed by atoms with van der Waals surface area (Å²) in [5.74, 6) is -0.997. The van der Waals surface area contributed by atoms with Crippen molar-refractivity contribution in [2.45, 2.75) is 51.4 Å². The van der Waals surface area contributed by atoms with Crippen molar-refractivity contribution in [1.29, 1.82) is 0 Å². The van der Waals surface area contributed by atoms with E-state index >= 15 is 0 Å². The molecule has 0 saturated heterocycles. The molecule has 1 rings (SSSR count). The molecule has 1 aromatic rings. The fourth-order valence-electron chi connectivity index (χ4n) is 2.50. The van der Waals surface area contributed by atoms with Gasteiger partial charge in [-0.2, -0.15) is 0 Å². The summed E-state index contributed by atoms with van der Waals surface area (Å²) in [5, 5.41) is 11.8. The van der Waals surface area contributed by atoms with E-state index in [1.807, 2.05) is 44.2 Å². The number of hydrogen-bond donors (Lipinski definition) is 2. The van der Waals surface area contributed by atoms with E-state index in [1.54, 1.807) is 14.0 Å². The largest absolute Gasteiger partial charge is 0.481 e. The Kier molecular flexibility index (Phi) is 6.57. The molecular weight excluding hydrogens is 298 g/mol. The van der Waals surface area contributed by atoms with E-state index in [1.165, 1.54) is 0 Å². The van der Waals surface area contributed by atoms with Gasteiger partial charge >= 0.3 is 12.1 Å². The number of ether oxygens (including phenoxy) is 2. The van der Waals surface area contributed by atoms with Crippen molar-refractivity contribution in [3.8, 4) is 0 Å². The van der Waals surface area contributed by atoms with Crippen LogP contribution in [0.2, 0.25) is 0 Å². The zero-order valence-corrected chi connectivity index (χ0v) is 14.1. The summed E-state index contributed by atoms with van der Waals surface area (Å²) in [5.41, 5.74) is -0.685. The van der Waals surface area contributed by atoms with Gasteiger partial charge in [-0.05, 0) is 32.8 Å². The van der Waals surface area contributed by atoms with Crippen molar-refractivity contribution in [2.75, 3.05) is 7.11 Å². The first kappa shape index (κ1) is 19.0. The molecule has 0 aliphatic heterocycles. The summed E-state index contributed by atoms with van der Waals surface area (Å²) >= 11 is 0. The summed E-state index contributed by atoms with van der Waals surface area (Å²) in [6.45, 7) is 5.48. The molecule has 128 valence electrons. The van der Waals surface area contributed by atoms with E-state index in [-0.39, 0.29) is 13.0 Å². The number of methoxy groups -OCH3 is 1. The summed E-state index contributed by atoms with van der Waals surface area (Å²) < 4.78 is 10.5. The van der Waals surface area contributed by atoms with Crippen LogP contribution >= 0.6 is 0 Å². The maximum absolute atomic E-state index is 12.0. The predicted octanol–water partition coefficient (Wildman–Crippen LogP) is 2.96. The maximum atomic E-state index is 12.0. The second-order valence-electron chi connectivity index (χ2n) is 6.46. The summed E-state index contributed by atoms with van der Waals surface area (Å²) in [6.07, 6.45) is -0.534. The van der Waals surface area contributed by atoms with E-state index < -0.39 is 23.2 Å². The van der Waals surface area contributed by atoms with Gasteiger partial charge in [-0.3, -0.25) is 4.79 Å². The van der Waals surface area contributed by atoms with Crippen molar-refractivity contribution in [1.82, 2.24) is 5.32 Å². The lowest BCUT2D eigenvalue weighted by atomic mass is 9.85. The predicted molar refractivity (Wildman–Crippen MR) is 86.1 cm³/mol. The van der Waals surface area contributed by atoms with E-state index in [0.717, 1.165) is 5.56 Å². The number of carboxylic acid groups (broad SMARTS) is 1. The Hall–Kier alpha value is -2.08. The minimum absolute atomic E-state index is 0.128. The summed E-state index contributed by atoms with van der Waals surface area (Å²) in [4.78, 5) is 23.1. The van der Waals surface area contributed by atoms with E-state index in [4.69, 9.17) is 14.6 Å². The topological polar surface area (TPSA) is 84.9 Å². The summed E-state index contributed by atoms with van der Waals surface area (Å²) in [7, 11) is 1.55. The molecule has 0 aliphatic carbocycles. The number of alkyl carbamates (subject to hydrolysis) is 1. The third-order valence-corrected chi connectivity index (χ3v) is 3.53. The highest BCUT2D eigenvalue weighted by Crippen LogP contribution is 2.26. The molecule has 1 unspecified atom stereocenters. The molecule has 0 heterocycles. The van der Waals surface area contributed by atoms with Gasteiger partial charge in [-0.1, -0.05) is 30.3 Å². The van der Waals surface area contributed by atoms with Crippen LogP contribution in [0.1, 0.15) is 39.2 Å². The lowest BCUT2D eigenvalue weighted by Crippen LogP contribution is -2.51. The number of aliphatic carboxylic acids is 1. The van der Waals surface area contributed by atoms with Crippen LogP contribution in [-0.4, -0.2) is 35.4 Å². The van der Waals surface area contributed by atoms with Gasteiger partial charge in [0, 0.05) is 7.11 Å². The van der Waals surface area contributed by atoms with Crippen LogP contribution in [0.25, 0.3) is 0 Å². The quantitative estimate of drug-likeness (QED) is 0.768. The molecule has 6 heteroatoms. The normalized spacial score (nSPS) is 13.9. The van der Waals surface area contributed by atoms with Crippen molar-refractivity contribution < 1.29 is 24.2 Å². The summed E-state index contributed by atoms with van der Waals surface area (Å²) in [6, 6.07) is 9.27. The van der Waals surface area contributed by atoms with Crippen LogP contribution in [0, 0.1) is 0 Å². The third kappa shape index (κ3) is 7.15. The van der Waals surface area contributed by atoms with Gasteiger partial charge in [0.25, 0.3) is 0 Å². The molecule has 0 saturated carbocycles. The van der Waals surface area contributed by atoms with Crippen molar-refractivity contribution in [3.63, 3.8) is 0 Å². The molecular formula is C17H25NO5. The number of nitrogens with one attached hydrogen (secondary N) is 1. The zero-order valence-electron chi connectivity index (χ0n) is 14.1. The Morgan fingerprint density at radius 3 is 2.30 bits per heavy atom. The molecule has 0 aliphatic rings. The molecule has 1 aromatic carbocycles. The average Bonchev–Trinajstić information content (AvgIpc) is 2.44. The van der Waals surface area contributed by atoms with Crippen molar-refractivity contribution in [3.05, 3.63) is 35.9 Å². The molecule has 0 radical (unpaired) electrons. The average molecular weight is 323 g/mol. The second kappa shape index (κ2) is 7.97. The van der Waals surface area contributed by atoms with Gasteiger partial charge in [-0.25, -0.2) is 4.79 Å². The second-order valence-corrected chi connectivity index (χ2v) is 6.46. The number of carboxylic acids is 1. The molecule has 0 spiro atoms. The highest BCUT2D eigenvalue weighted by atomic mass is 16.5. The van der Waals surface area contributed by atoms with Crippen LogP contribution in [0.5, 0.6) is 0 Å². The van der Waals surface area contributed by atoms with Gasteiger partial charge in [-0.15, -0.1) is 0 Å². The number of hydrogen-bond acceptors (Lipinski definition) is 4. The van der Waals surface area contributed by atoms with E-state index in [2.05, 4.69) is 5.32 Å². The van der Waals surface area contributed by atoms with Gasteiger partial charge in [0.05, 0.1) is 17.6 Å². The van der Waals surface area contributed by atoms with Crippen LogP contribution in [0.3, 0.4) is 0 Å². The van der Waals surface area contributed by atoms with Gasteiger partial charge in [0.2, 0.25) is 0 Å². The van der Waals surface area contributed by atoms with Gasteiger partial charge < -0.3 is 19.9 Å². The fourth-order valence-corrected chi connectivity index (χ4v) is 2.50. The van der Waals surface area contributed by atoms with Crippen molar-refractivity contribution in [2.24, 2.45) is 0 Å². The van der Waals surface area contributed by atoms with Crippen LogP contribution in [0.15, 0.2) is 30.3 Å². The van der Waals surface area contributed by atoms with Crippen LogP contribution in [-0.2, 0) is 20.9 Å². The number of carbonyl (C=O) groups is 2. The van der Waals surface area contributed by atoms with Gasteiger partial charge in [0.1, 0.15) is 6.61 Å². The molecule has 2 N–H and O–H groups in total. The molecule has 1 amide bonds. The minimum atomic E-state index is -0.997. The zero-order chi connectivity index (χ0) is 17.5. The first-order chi connectivity index (χ1) is 10.7. The Balaban J connectivity index is 2.68. The minimum Gasteiger partial charge on any atom is -0.481 e. The molecule has 0 aromatic heterocycles. The highest BCUT2D eigenvalue weighted by molar-refractivity contribution is 5.72. The van der Waals surface area contributed by atoms with Crippen LogP contribution < -0.4 is 5.32 Å². The smallest absolute Gasteiger partial charge is 0.407 e. The number of carbonyl (C=O) groups excluding carboxylic acids is 1. The Bertz CT molecular complexity index is 529. The lowest BCUT2D eigenvalue weighted by Gasteiger charge is -2.36. The first-order valence-corrected chi connectivity index (χ1v) is 7.42. The van der Waals surface area contributed by atoms with Crippen LogP contribution in [0.4, 0.5) is 4.79 Å². The Morgan fingerprint density at radius 1 is 1.17 bits per heavy atom. The number of rotatable bonds is 8. The Morgan fingerprint density at radius 2 is 1.78 bits per heavy atom.